The smallest absolute Gasteiger partial charge is 0.220 e. The number of hydrogen-bond donors (Lipinski definition) is 2. The predicted octanol–water partition coefficient (Wildman–Crippen LogP) is 0.694. The number of aromatic nitrogens is 3. The van der Waals surface area contributed by atoms with Crippen molar-refractivity contribution < 1.29 is 4.79 Å². The second-order valence-electron chi connectivity index (χ2n) is 5.06. The van der Waals surface area contributed by atoms with Crippen LogP contribution in [0.3, 0.4) is 0 Å². The molecule has 0 aliphatic carbocycles. The highest BCUT2D eigenvalue weighted by Crippen LogP contribution is 2.15. The van der Waals surface area contributed by atoms with E-state index in [4.69, 9.17) is 0 Å². The minimum atomic E-state index is 0.108. The molecule has 19 heavy (non-hydrogen) atoms. The van der Waals surface area contributed by atoms with Crippen molar-refractivity contribution in [1.29, 1.82) is 0 Å². The second-order valence-corrected chi connectivity index (χ2v) is 5.06. The summed E-state index contributed by atoms with van der Waals surface area (Å²) in [5.74, 6) is 1.57. The van der Waals surface area contributed by atoms with E-state index in [-0.39, 0.29) is 5.91 Å². The fourth-order valence-corrected chi connectivity index (χ4v) is 2.45. The van der Waals surface area contributed by atoms with Crippen molar-refractivity contribution in [2.45, 2.75) is 45.7 Å². The number of carbonyl (C=O) groups is 1. The molecule has 0 spiro atoms. The Kier molecular flexibility index (Phi) is 5.32. The van der Waals surface area contributed by atoms with Crippen LogP contribution < -0.4 is 10.6 Å². The Hall–Kier alpha value is -1.43. The molecule has 0 saturated carbocycles. The quantitative estimate of drug-likeness (QED) is 0.794. The van der Waals surface area contributed by atoms with Gasteiger partial charge in [-0.1, -0.05) is 0 Å². The van der Waals surface area contributed by atoms with Gasteiger partial charge in [-0.2, -0.15) is 0 Å². The molecule has 1 aromatic rings. The molecule has 0 aromatic carbocycles. The Morgan fingerprint density at radius 2 is 2.53 bits per heavy atom. The van der Waals surface area contributed by atoms with Crippen LogP contribution >= 0.6 is 0 Å². The van der Waals surface area contributed by atoms with Crippen LogP contribution in [0.1, 0.15) is 38.4 Å². The molecule has 6 heteroatoms. The Balaban J connectivity index is 1.66. The maximum Gasteiger partial charge on any atom is 0.220 e. The van der Waals surface area contributed by atoms with E-state index in [0.717, 1.165) is 31.9 Å². The highest BCUT2D eigenvalue weighted by atomic mass is 16.1. The van der Waals surface area contributed by atoms with Gasteiger partial charge in [0.15, 0.2) is 5.82 Å². The van der Waals surface area contributed by atoms with Gasteiger partial charge in [0.05, 0.1) is 6.54 Å². The Bertz CT molecular complexity index is 397. The third kappa shape index (κ3) is 4.31. The largest absolute Gasteiger partial charge is 0.349 e. The summed E-state index contributed by atoms with van der Waals surface area (Å²) < 4.78 is 1.94. The molecule has 2 rings (SSSR count). The third-order valence-electron chi connectivity index (χ3n) is 3.66. The fourth-order valence-electron chi connectivity index (χ4n) is 2.45. The SMILES string of the molecule is CCn1cnnc1CNC(=O)CCC1CCCNC1. The molecule has 1 aliphatic rings. The van der Waals surface area contributed by atoms with Crippen LogP contribution in [0.25, 0.3) is 0 Å². The first-order valence-electron chi connectivity index (χ1n) is 7.13. The van der Waals surface area contributed by atoms with Crippen LogP contribution in [0, 0.1) is 5.92 Å². The average molecular weight is 265 g/mol. The summed E-state index contributed by atoms with van der Waals surface area (Å²) in [7, 11) is 0. The first-order valence-corrected chi connectivity index (χ1v) is 7.13. The lowest BCUT2D eigenvalue weighted by atomic mass is 9.94. The van der Waals surface area contributed by atoms with Crippen LogP contribution in [0.15, 0.2) is 6.33 Å². The summed E-state index contributed by atoms with van der Waals surface area (Å²) in [5.41, 5.74) is 0. The molecule has 1 saturated heterocycles. The normalized spacial score (nSPS) is 19.3. The van der Waals surface area contributed by atoms with Crippen LogP contribution in [0.2, 0.25) is 0 Å². The molecule has 1 amide bonds. The van der Waals surface area contributed by atoms with Crippen LogP contribution in [-0.2, 0) is 17.9 Å². The summed E-state index contributed by atoms with van der Waals surface area (Å²) >= 11 is 0. The van der Waals surface area contributed by atoms with Gasteiger partial charge in [-0.05, 0) is 45.2 Å². The van der Waals surface area contributed by atoms with Crippen LogP contribution in [0.5, 0.6) is 0 Å². The number of rotatable bonds is 6. The number of amides is 1. The fraction of sp³-hybridized carbons (Fsp3) is 0.769. The minimum Gasteiger partial charge on any atom is -0.349 e. The zero-order chi connectivity index (χ0) is 13.5. The summed E-state index contributed by atoms with van der Waals surface area (Å²) in [5, 5.41) is 14.1. The van der Waals surface area contributed by atoms with Crippen molar-refractivity contribution in [2.75, 3.05) is 13.1 Å². The molecular formula is C13H23N5O. The maximum absolute atomic E-state index is 11.8. The van der Waals surface area contributed by atoms with Gasteiger partial charge < -0.3 is 15.2 Å². The minimum absolute atomic E-state index is 0.108. The molecule has 1 fully saturated rings. The molecule has 0 radical (unpaired) electrons. The highest BCUT2D eigenvalue weighted by molar-refractivity contribution is 5.75. The predicted molar refractivity (Wildman–Crippen MR) is 72.4 cm³/mol. The second kappa shape index (κ2) is 7.23. The van der Waals surface area contributed by atoms with Crippen LogP contribution in [0.4, 0.5) is 0 Å². The van der Waals surface area contributed by atoms with Crippen LogP contribution in [-0.4, -0.2) is 33.8 Å². The molecule has 1 atom stereocenters. The molecule has 2 heterocycles. The van der Waals surface area contributed by atoms with E-state index in [2.05, 4.69) is 20.8 Å². The van der Waals surface area contributed by atoms with Gasteiger partial charge in [0.2, 0.25) is 5.91 Å². The van der Waals surface area contributed by atoms with Crippen molar-refractivity contribution in [2.24, 2.45) is 5.92 Å². The molecule has 1 aliphatic heterocycles. The molecule has 1 aromatic heterocycles. The zero-order valence-electron chi connectivity index (χ0n) is 11.6. The lowest BCUT2D eigenvalue weighted by Gasteiger charge is -2.22. The van der Waals surface area contributed by atoms with Gasteiger partial charge in [-0.3, -0.25) is 4.79 Å². The molecule has 0 bridgehead atoms. The van der Waals surface area contributed by atoms with E-state index in [1.165, 1.54) is 12.8 Å². The van der Waals surface area contributed by atoms with Gasteiger partial charge >= 0.3 is 0 Å². The zero-order valence-corrected chi connectivity index (χ0v) is 11.6. The number of nitrogens with zero attached hydrogens (tertiary/aromatic N) is 3. The van der Waals surface area contributed by atoms with E-state index < -0.39 is 0 Å². The number of hydrogen-bond acceptors (Lipinski definition) is 4. The summed E-state index contributed by atoms with van der Waals surface area (Å²) in [6.45, 7) is 5.50. The van der Waals surface area contributed by atoms with Gasteiger partial charge in [-0.15, -0.1) is 10.2 Å². The van der Waals surface area contributed by atoms with Crippen molar-refractivity contribution in [3.8, 4) is 0 Å². The van der Waals surface area contributed by atoms with Crippen molar-refractivity contribution in [3.63, 3.8) is 0 Å². The molecular weight excluding hydrogens is 242 g/mol. The van der Waals surface area contributed by atoms with E-state index in [0.29, 0.717) is 18.9 Å². The van der Waals surface area contributed by atoms with E-state index >= 15 is 0 Å². The van der Waals surface area contributed by atoms with Gasteiger partial charge in [0, 0.05) is 13.0 Å². The summed E-state index contributed by atoms with van der Waals surface area (Å²) in [4.78, 5) is 11.8. The standard InChI is InChI=1S/C13H23N5O/c1-2-18-10-16-17-12(18)9-15-13(19)6-5-11-4-3-7-14-8-11/h10-11,14H,2-9H2,1H3,(H,15,19). The van der Waals surface area contributed by atoms with E-state index in [1.807, 2.05) is 11.5 Å². The highest BCUT2D eigenvalue weighted by Gasteiger charge is 2.14. The monoisotopic (exact) mass is 265 g/mol. The van der Waals surface area contributed by atoms with Gasteiger partial charge in [0.25, 0.3) is 0 Å². The Morgan fingerprint density at radius 3 is 3.26 bits per heavy atom. The Morgan fingerprint density at radius 1 is 1.63 bits per heavy atom. The summed E-state index contributed by atoms with van der Waals surface area (Å²) in [6.07, 6.45) is 5.73. The summed E-state index contributed by atoms with van der Waals surface area (Å²) in [6, 6.07) is 0. The third-order valence-corrected chi connectivity index (χ3v) is 3.66. The van der Waals surface area contributed by atoms with Crippen molar-refractivity contribution in [3.05, 3.63) is 12.2 Å². The number of aryl methyl sites for hydroxylation is 1. The first kappa shape index (κ1) is 14.0. The number of carbonyl (C=O) groups excluding carboxylic acids is 1. The van der Waals surface area contributed by atoms with Crippen molar-refractivity contribution in [1.82, 2.24) is 25.4 Å². The Labute approximate surface area is 114 Å². The molecule has 2 N–H and O–H groups in total. The lowest BCUT2D eigenvalue weighted by molar-refractivity contribution is -0.121. The number of piperidine rings is 1. The maximum atomic E-state index is 11.8. The van der Waals surface area contributed by atoms with E-state index in [9.17, 15) is 4.79 Å². The first-order chi connectivity index (χ1) is 9.29. The molecule has 106 valence electrons. The van der Waals surface area contributed by atoms with Gasteiger partial charge in [-0.25, -0.2) is 0 Å². The topological polar surface area (TPSA) is 71.8 Å². The lowest BCUT2D eigenvalue weighted by Crippen LogP contribution is -2.31. The number of nitrogens with one attached hydrogen (secondary N) is 2. The van der Waals surface area contributed by atoms with E-state index in [1.54, 1.807) is 6.33 Å². The molecule has 6 nitrogen and oxygen atoms in total. The van der Waals surface area contributed by atoms with Crippen molar-refractivity contribution >= 4 is 5.91 Å². The molecule has 1 unspecified atom stereocenters. The van der Waals surface area contributed by atoms with Gasteiger partial charge in [0.1, 0.15) is 6.33 Å². The average Bonchev–Trinajstić information content (AvgIpc) is 2.91.